The van der Waals surface area contributed by atoms with E-state index >= 15 is 0 Å². The fourth-order valence-electron chi connectivity index (χ4n) is 1.75. The first-order chi connectivity index (χ1) is 7.91. The summed E-state index contributed by atoms with van der Waals surface area (Å²) in [4.78, 5) is 17.1. The number of hydrogen-bond donors (Lipinski definition) is 1. The number of carbonyl (C=O) groups excluding carboxylic acids is 1. The Morgan fingerprint density at radius 2 is 2.12 bits per heavy atom. The van der Waals surface area contributed by atoms with Crippen LogP contribution in [0.15, 0.2) is 12.1 Å². The summed E-state index contributed by atoms with van der Waals surface area (Å²) in [6.07, 6.45) is 0. The van der Waals surface area contributed by atoms with Crippen LogP contribution in [0.2, 0.25) is 0 Å². The Balaban J connectivity index is 2.69. The van der Waals surface area contributed by atoms with E-state index in [9.17, 15) is 9.90 Å². The number of amides is 1. The Morgan fingerprint density at radius 1 is 1.47 bits per heavy atom. The smallest absolute Gasteiger partial charge is 0.223 e. The van der Waals surface area contributed by atoms with Crippen molar-refractivity contribution in [1.29, 1.82) is 0 Å². The van der Waals surface area contributed by atoms with Crippen LogP contribution in [0.25, 0.3) is 11.0 Å². The van der Waals surface area contributed by atoms with E-state index < -0.39 is 0 Å². The van der Waals surface area contributed by atoms with E-state index in [4.69, 9.17) is 0 Å². The minimum atomic E-state index is -0.0809. The normalized spacial score (nSPS) is 10.8. The summed E-state index contributed by atoms with van der Waals surface area (Å²) < 4.78 is 1.88. The van der Waals surface area contributed by atoms with Gasteiger partial charge in [-0.1, -0.05) is 0 Å². The predicted octanol–water partition coefficient (Wildman–Crippen LogP) is 1.57. The van der Waals surface area contributed by atoms with Gasteiger partial charge in [-0.25, -0.2) is 4.98 Å². The van der Waals surface area contributed by atoms with Gasteiger partial charge in [0.25, 0.3) is 0 Å². The van der Waals surface area contributed by atoms with E-state index in [-0.39, 0.29) is 11.7 Å². The molecule has 90 valence electrons. The SMILES string of the molecule is CC(=O)N(C)c1cc(O)c2nc(C)n(C)c2c1. The molecule has 0 atom stereocenters. The van der Waals surface area contributed by atoms with Crippen LogP contribution in [0.5, 0.6) is 5.75 Å². The van der Waals surface area contributed by atoms with E-state index in [0.29, 0.717) is 11.2 Å². The maximum Gasteiger partial charge on any atom is 0.223 e. The third-order valence-electron chi connectivity index (χ3n) is 3.03. The summed E-state index contributed by atoms with van der Waals surface area (Å²) in [5.74, 6) is 0.829. The molecule has 0 saturated heterocycles. The number of aromatic nitrogens is 2. The lowest BCUT2D eigenvalue weighted by Crippen LogP contribution is -2.22. The van der Waals surface area contributed by atoms with Crippen molar-refractivity contribution in [3.05, 3.63) is 18.0 Å². The average Bonchev–Trinajstić information content (AvgIpc) is 2.55. The van der Waals surface area contributed by atoms with Crippen molar-refractivity contribution in [3.8, 4) is 5.75 Å². The molecule has 0 aliphatic rings. The van der Waals surface area contributed by atoms with Crippen molar-refractivity contribution in [1.82, 2.24) is 9.55 Å². The molecule has 0 bridgehead atoms. The fourth-order valence-corrected chi connectivity index (χ4v) is 1.75. The van der Waals surface area contributed by atoms with Crippen LogP contribution >= 0.6 is 0 Å². The Bertz CT molecular complexity index is 601. The minimum Gasteiger partial charge on any atom is -0.506 e. The van der Waals surface area contributed by atoms with E-state index in [1.165, 1.54) is 11.8 Å². The second-order valence-electron chi connectivity index (χ2n) is 4.13. The number of aromatic hydroxyl groups is 1. The van der Waals surface area contributed by atoms with Gasteiger partial charge < -0.3 is 14.6 Å². The first-order valence-corrected chi connectivity index (χ1v) is 5.32. The molecule has 1 aromatic carbocycles. The molecule has 5 heteroatoms. The van der Waals surface area contributed by atoms with E-state index in [0.717, 1.165) is 11.3 Å². The number of fused-ring (bicyclic) bond motifs is 1. The number of nitrogens with zero attached hydrogens (tertiary/aromatic N) is 3. The molecular formula is C12H15N3O2. The number of phenolic OH excluding ortho intramolecular Hbond substituents is 1. The molecule has 2 aromatic rings. The molecule has 1 N–H and O–H groups in total. The third-order valence-corrected chi connectivity index (χ3v) is 3.03. The van der Waals surface area contributed by atoms with E-state index in [1.54, 1.807) is 13.1 Å². The predicted molar refractivity (Wildman–Crippen MR) is 66.2 cm³/mol. The monoisotopic (exact) mass is 233 g/mol. The van der Waals surface area contributed by atoms with Gasteiger partial charge in [0.2, 0.25) is 5.91 Å². The Hall–Kier alpha value is -2.04. The number of imidazole rings is 1. The van der Waals surface area contributed by atoms with Gasteiger partial charge in [-0.15, -0.1) is 0 Å². The second-order valence-corrected chi connectivity index (χ2v) is 4.13. The minimum absolute atomic E-state index is 0.0809. The summed E-state index contributed by atoms with van der Waals surface area (Å²) in [6, 6.07) is 3.40. The molecule has 5 nitrogen and oxygen atoms in total. The first kappa shape index (κ1) is 11.4. The van der Waals surface area contributed by atoms with Crippen LogP contribution in [-0.2, 0) is 11.8 Å². The van der Waals surface area contributed by atoms with Gasteiger partial charge in [-0.2, -0.15) is 0 Å². The fraction of sp³-hybridized carbons (Fsp3) is 0.333. The highest BCUT2D eigenvalue weighted by molar-refractivity contribution is 5.95. The average molecular weight is 233 g/mol. The molecule has 17 heavy (non-hydrogen) atoms. The number of rotatable bonds is 1. The molecule has 2 rings (SSSR count). The lowest BCUT2D eigenvalue weighted by Gasteiger charge is -2.15. The second kappa shape index (κ2) is 3.76. The van der Waals surface area contributed by atoms with E-state index in [1.807, 2.05) is 24.6 Å². The van der Waals surface area contributed by atoms with Gasteiger partial charge in [0.15, 0.2) is 0 Å². The quantitative estimate of drug-likeness (QED) is 0.813. The van der Waals surface area contributed by atoms with Crippen molar-refractivity contribution in [2.24, 2.45) is 7.05 Å². The summed E-state index contributed by atoms with van der Waals surface area (Å²) in [5, 5.41) is 9.91. The molecule has 1 heterocycles. The van der Waals surface area contributed by atoms with Gasteiger partial charge in [-0.05, 0) is 13.0 Å². The molecule has 0 fully saturated rings. The molecular weight excluding hydrogens is 218 g/mol. The number of carbonyl (C=O) groups is 1. The topological polar surface area (TPSA) is 58.4 Å². The van der Waals surface area contributed by atoms with Crippen LogP contribution in [0, 0.1) is 6.92 Å². The van der Waals surface area contributed by atoms with E-state index in [2.05, 4.69) is 4.98 Å². The number of aryl methyl sites for hydroxylation is 2. The molecule has 0 radical (unpaired) electrons. The number of hydrogen-bond acceptors (Lipinski definition) is 3. The lowest BCUT2D eigenvalue weighted by atomic mass is 10.2. The lowest BCUT2D eigenvalue weighted by molar-refractivity contribution is -0.116. The Morgan fingerprint density at radius 3 is 2.71 bits per heavy atom. The van der Waals surface area contributed by atoms with Crippen LogP contribution in [0.3, 0.4) is 0 Å². The molecule has 0 spiro atoms. The summed E-state index contributed by atoms with van der Waals surface area (Å²) in [5.41, 5.74) is 2.03. The number of anilines is 1. The molecule has 0 aliphatic carbocycles. The number of benzene rings is 1. The highest BCUT2D eigenvalue weighted by Crippen LogP contribution is 2.30. The Labute approximate surface area is 99.3 Å². The summed E-state index contributed by atoms with van der Waals surface area (Å²) >= 11 is 0. The van der Waals surface area contributed by atoms with Crippen molar-refractivity contribution < 1.29 is 9.90 Å². The zero-order valence-corrected chi connectivity index (χ0v) is 10.4. The van der Waals surface area contributed by atoms with Gasteiger partial charge in [0.1, 0.15) is 17.1 Å². The highest BCUT2D eigenvalue weighted by atomic mass is 16.3. The molecule has 0 saturated carbocycles. The zero-order valence-electron chi connectivity index (χ0n) is 10.4. The Kier molecular flexibility index (Phi) is 2.53. The largest absolute Gasteiger partial charge is 0.506 e. The summed E-state index contributed by atoms with van der Waals surface area (Å²) in [6.45, 7) is 3.35. The third kappa shape index (κ3) is 1.73. The zero-order chi connectivity index (χ0) is 12.7. The first-order valence-electron chi connectivity index (χ1n) is 5.32. The van der Waals surface area contributed by atoms with Crippen molar-refractivity contribution >= 4 is 22.6 Å². The molecule has 0 aliphatic heterocycles. The molecule has 0 unspecified atom stereocenters. The van der Waals surface area contributed by atoms with Gasteiger partial charge in [0.05, 0.1) is 5.52 Å². The maximum atomic E-state index is 11.3. The molecule has 1 amide bonds. The van der Waals surface area contributed by atoms with Gasteiger partial charge >= 0.3 is 0 Å². The van der Waals surface area contributed by atoms with Gasteiger partial charge in [0, 0.05) is 32.8 Å². The van der Waals surface area contributed by atoms with Crippen molar-refractivity contribution in [3.63, 3.8) is 0 Å². The van der Waals surface area contributed by atoms with Crippen molar-refractivity contribution in [2.75, 3.05) is 11.9 Å². The van der Waals surface area contributed by atoms with Crippen LogP contribution in [0.4, 0.5) is 5.69 Å². The molecule has 1 aromatic heterocycles. The summed E-state index contributed by atoms with van der Waals surface area (Å²) in [7, 11) is 3.55. The standard InChI is InChI=1S/C12H15N3O2/c1-7-13-12-10(14(7)3)5-9(6-11(12)17)15(4)8(2)16/h5-6,17H,1-4H3. The highest BCUT2D eigenvalue weighted by Gasteiger charge is 2.13. The van der Waals surface area contributed by atoms with Crippen LogP contribution < -0.4 is 4.90 Å². The van der Waals surface area contributed by atoms with Gasteiger partial charge in [-0.3, -0.25) is 4.79 Å². The van der Waals surface area contributed by atoms with Crippen molar-refractivity contribution in [2.45, 2.75) is 13.8 Å². The van der Waals surface area contributed by atoms with Crippen LogP contribution in [0.1, 0.15) is 12.7 Å². The number of phenols is 1. The van der Waals surface area contributed by atoms with Crippen LogP contribution in [-0.4, -0.2) is 27.6 Å². The maximum absolute atomic E-state index is 11.3.